The molecule has 0 aliphatic heterocycles. The van der Waals surface area contributed by atoms with Crippen molar-refractivity contribution in [3.05, 3.63) is 16.2 Å². The minimum atomic E-state index is -0.893. The van der Waals surface area contributed by atoms with Crippen molar-refractivity contribution >= 4 is 39.9 Å². The van der Waals surface area contributed by atoms with Crippen molar-refractivity contribution in [2.75, 3.05) is 25.1 Å². The van der Waals surface area contributed by atoms with E-state index in [2.05, 4.69) is 41.8 Å². The number of esters is 1. The number of hydrogen-bond acceptors (Lipinski definition) is 6. The lowest BCUT2D eigenvalue weighted by molar-refractivity contribution is -0.139. The second-order valence-corrected chi connectivity index (χ2v) is 7.04. The van der Waals surface area contributed by atoms with E-state index in [1.54, 1.807) is 13.0 Å². The maximum absolute atomic E-state index is 11.8. The quantitative estimate of drug-likeness (QED) is 0.201. The minimum absolute atomic E-state index is 0.00426. The number of nitrogens with zero attached hydrogens (tertiary/aromatic N) is 3. The van der Waals surface area contributed by atoms with Crippen molar-refractivity contribution in [2.45, 2.75) is 27.7 Å². The fourth-order valence-electron chi connectivity index (χ4n) is 2.08. The normalized spacial score (nSPS) is 12.6. The first-order chi connectivity index (χ1) is 10.6. The highest BCUT2D eigenvalue weighted by Crippen LogP contribution is 2.26. The molecule has 0 fully saturated rings. The molecule has 0 radical (unpaired) electrons. The van der Waals surface area contributed by atoms with Crippen molar-refractivity contribution in [1.29, 1.82) is 0 Å². The number of aliphatic hydroxyl groups excluding tert-OH is 1. The molecule has 8 heteroatoms. The van der Waals surface area contributed by atoms with Gasteiger partial charge in [0.05, 0.1) is 6.61 Å². The highest BCUT2D eigenvalue weighted by molar-refractivity contribution is 9.10. The molecule has 1 rings (SSSR count). The van der Waals surface area contributed by atoms with Gasteiger partial charge < -0.3 is 14.7 Å². The maximum atomic E-state index is 11.8. The van der Waals surface area contributed by atoms with Crippen molar-refractivity contribution in [3.63, 3.8) is 0 Å². The van der Waals surface area contributed by atoms with Gasteiger partial charge in [-0.25, -0.2) is 4.79 Å². The fraction of sp³-hybridized carbons (Fsp3) is 0.533. The molecule has 23 heavy (non-hydrogen) atoms. The summed E-state index contributed by atoms with van der Waals surface area (Å²) in [6.07, 6.45) is 0.260. The lowest BCUT2D eigenvalue weighted by Gasteiger charge is -2.28. The monoisotopic (exact) mass is 387 g/mol. The molecule has 1 N–H and O–H groups in total. The fourth-order valence-corrected chi connectivity index (χ4v) is 2.44. The number of ether oxygens (including phenoxy) is 1. The summed E-state index contributed by atoms with van der Waals surface area (Å²) >= 11 is 3.24. The first-order valence-electron chi connectivity index (χ1n) is 7.13. The predicted octanol–water partition coefficient (Wildman–Crippen LogP) is 2.62. The summed E-state index contributed by atoms with van der Waals surface area (Å²) in [5.41, 5.74) is -0.475. The van der Waals surface area contributed by atoms with Gasteiger partial charge in [-0.15, -0.1) is 0 Å². The second-order valence-electron chi connectivity index (χ2n) is 6.23. The largest absolute Gasteiger partial charge is 0.492 e. The number of carbonyl (C=O) groups is 2. The highest BCUT2D eigenvalue weighted by Gasteiger charge is 2.23. The Kier molecular flexibility index (Phi) is 6.37. The van der Waals surface area contributed by atoms with Gasteiger partial charge in [0.1, 0.15) is 10.4 Å². The zero-order valence-electron chi connectivity index (χ0n) is 14.0. The Hall–Kier alpha value is -1.83. The van der Waals surface area contributed by atoms with E-state index in [9.17, 15) is 14.7 Å². The van der Waals surface area contributed by atoms with Gasteiger partial charge in [0.15, 0.2) is 11.9 Å². The van der Waals surface area contributed by atoms with Gasteiger partial charge in [-0.2, -0.15) is 9.78 Å². The van der Waals surface area contributed by atoms with E-state index in [1.807, 2.05) is 11.9 Å². The summed E-state index contributed by atoms with van der Waals surface area (Å²) in [6, 6.07) is 1.69. The zero-order valence-corrected chi connectivity index (χ0v) is 15.5. The first-order valence-corrected chi connectivity index (χ1v) is 7.92. The average Bonchev–Trinajstić information content (AvgIpc) is 2.80. The molecule has 1 heterocycles. The van der Waals surface area contributed by atoms with Crippen LogP contribution >= 0.6 is 15.9 Å². The van der Waals surface area contributed by atoms with Crippen LogP contribution < -0.4 is 4.90 Å². The summed E-state index contributed by atoms with van der Waals surface area (Å²) in [7, 11) is 1.84. The number of aliphatic hydroxyl groups is 1. The van der Waals surface area contributed by atoms with Gasteiger partial charge in [-0.3, -0.25) is 4.79 Å². The number of aldehydes is 1. The molecule has 0 saturated heterocycles. The third kappa shape index (κ3) is 5.09. The SMILES string of the molecule is CCOC(=O)/C(C=O)=C(\O)n1nc(Br)cc1N(C)CC(C)(C)C. The van der Waals surface area contributed by atoms with Crippen LogP contribution in [0.4, 0.5) is 5.82 Å². The van der Waals surface area contributed by atoms with Gasteiger partial charge in [-0.05, 0) is 28.3 Å². The topological polar surface area (TPSA) is 84.7 Å². The lowest BCUT2D eigenvalue weighted by Crippen LogP contribution is -2.31. The molecule has 0 aromatic carbocycles. The van der Waals surface area contributed by atoms with Gasteiger partial charge in [0, 0.05) is 19.7 Å². The molecule has 0 aliphatic carbocycles. The number of hydrogen-bond donors (Lipinski definition) is 1. The molecular formula is C15H22BrN3O4. The summed E-state index contributed by atoms with van der Waals surface area (Å²) in [6.45, 7) is 8.61. The van der Waals surface area contributed by atoms with Crippen LogP contribution in [-0.2, 0) is 14.3 Å². The van der Waals surface area contributed by atoms with E-state index >= 15 is 0 Å². The molecule has 0 bridgehead atoms. The van der Waals surface area contributed by atoms with E-state index < -0.39 is 17.4 Å². The third-order valence-electron chi connectivity index (χ3n) is 2.82. The molecule has 128 valence electrons. The number of carbonyl (C=O) groups excluding carboxylic acids is 2. The molecule has 0 amide bonds. The lowest BCUT2D eigenvalue weighted by atomic mass is 9.96. The first kappa shape index (κ1) is 19.2. The predicted molar refractivity (Wildman–Crippen MR) is 91.2 cm³/mol. The molecule has 0 aliphatic rings. The third-order valence-corrected chi connectivity index (χ3v) is 3.21. The van der Waals surface area contributed by atoms with Crippen LogP contribution in [0.15, 0.2) is 16.2 Å². The summed E-state index contributed by atoms with van der Waals surface area (Å²) < 4.78 is 6.37. The van der Waals surface area contributed by atoms with Crippen molar-refractivity contribution in [3.8, 4) is 0 Å². The standard InChI is InChI=1S/C15H22BrN3O4/c1-6-23-14(22)10(8-20)13(21)19-12(7-11(16)17-19)18(5)9-15(2,3)4/h7-8,21H,6,9H2,1-5H3/b13-10-. The van der Waals surface area contributed by atoms with Crippen molar-refractivity contribution in [1.82, 2.24) is 9.78 Å². The van der Waals surface area contributed by atoms with Crippen LogP contribution in [0.25, 0.3) is 5.88 Å². The molecular weight excluding hydrogens is 366 g/mol. The number of rotatable bonds is 6. The van der Waals surface area contributed by atoms with Crippen molar-refractivity contribution in [2.24, 2.45) is 5.41 Å². The highest BCUT2D eigenvalue weighted by atomic mass is 79.9. The number of anilines is 1. The van der Waals surface area contributed by atoms with Gasteiger partial charge in [0.2, 0.25) is 5.88 Å². The van der Waals surface area contributed by atoms with Crippen LogP contribution in [0, 0.1) is 5.41 Å². The van der Waals surface area contributed by atoms with Crippen molar-refractivity contribution < 1.29 is 19.4 Å². The van der Waals surface area contributed by atoms with E-state index in [1.165, 1.54) is 0 Å². The Balaban J connectivity index is 3.32. The number of halogens is 1. The summed E-state index contributed by atoms with van der Waals surface area (Å²) in [5.74, 6) is -0.927. The Morgan fingerprint density at radius 2 is 2.13 bits per heavy atom. The second kappa shape index (κ2) is 7.63. The van der Waals surface area contributed by atoms with Gasteiger partial charge in [-0.1, -0.05) is 20.8 Å². The minimum Gasteiger partial charge on any atom is -0.492 e. The molecule has 1 aromatic rings. The average molecular weight is 388 g/mol. The molecule has 0 spiro atoms. The molecule has 0 saturated carbocycles. The van der Waals surface area contributed by atoms with Crippen LogP contribution in [-0.4, -0.2) is 47.3 Å². The van der Waals surface area contributed by atoms with Crippen LogP contribution in [0.5, 0.6) is 0 Å². The van der Waals surface area contributed by atoms with E-state index in [4.69, 9.17) is 4.74 Å². The Labute approximate surface area is 144 Å². The zero-order chi connectivity index (χ0) is 17.8. The van der Waals surface area contributed by atoms with Gasteiger partial charge in [0.25, 0.3) is 0 Å². The maximum Gasteiger partial charge on any atom is 0.347 e. The number of aromatic nitrogens is 2. The molecule has 0 unspecified atom stereocenters. The van der Waals surface area contributed by atoms with Crippen LogP contribution in [0.2, 0.25) is 0 Å². The van der Waals surface area contributed by atoms with Crippen LogP contribution in [0.3, 0.4) is 0 Å². The van der Waals surface area contributed by atoms with E-state index in [0.717, 1.165) is 4.68 Å². The Morgan fingerprint density at radius 3 is 2.61 bits per heavy atom. The van der Waals surface area contributed by atoms with Gasteiger partial charge >= 0.3 is 5.97 Å². The summed E-state index contributed by atoms with van der Waals surface area (Å²) in [5, 5.41) is 14.4. The van der Waals surface area contributed by atoms with E-state index in [0.29, 0.717) is 17.0 Å². The molecule has 0 atom stereocenters. The van der Waals surface area contributed by atoms with E-state index in [-0.39, 0.29) is 18.3 Å². The Morgan fingerprint density at radius 1 is 1.52 bits per heavy atom. The Bertz CT molecular complexity index is 617. The molecule has 1 aromatic heterocycles. The molecule has 7 nitrogen and oxygen atoms in total. The smallest absolute Gasteiger partial charge is 0.347 e. The van der Waals surface area contributed by atoms with Crippen LogP contribution in [0.1, 0.15) is 27.7 Å². The summed E-state index contributed by atoms with van der Waals surface area (Å²) in [4.78, 5) is 24.8.